The quantitative estimate of drug-likeness (QED) is 0.613. The van der Waals surface area contributed by atoms with E-state index in [0.29, 0.717) is 0 Å². The Morgan fingerprint density at radius 2 is 1.89 bits per heavy atom. The number of fused-ring (bicyclic) bond motifs is 1. The number of anilines is 1. The highest BCUT2D eigenvalue weighted by Gasteiger charge is 2.10. The van der Waals surface area contributed by atoms with Gasteiger partial charge in [0.15, 0.2) is 0 Å². The number of hydrogen-bond acceptors (Lipinski definition) is 3. The van der Waals surface area contributed by atoms with E-state index in [1.807, 2.05) is 49.4 Å². The second-order valence-corrected chi connectivity index (χ2v) is 4.75. The van der Waals surface area contributed by atoms with Gasteiger partial charge in [-0.15, -0.1) is 0 Å². The Bertz CT molecular complexity index is 730. The molecule has 1 atom stereocenters. The molecular formula is C15H16N4. The fraction of sp³-hybridized carbons (Fsp3) is 0.133. The fourth-order valence-corrected chi connectivity index (χ4v) is 2.29. The molecule has 3 aromatic rings. The molecule has 0 saturated heterocycles. The van der Waals surface area contributed by atoms with Crippen LogP contribution in [0, 0.1) is 6.92 Å². The second-order valence-electron chi connectivity index (χ2n) is 4.75. The topological polar surface area (TPSA) is 80.7 Å². The van der Waals surface area contributed by atoms with Crippen LogP contribution < -0.4 is 11.5 Å². The summed E-state index contributed by atoms with van der Waals surface area (Å²) in [5.41, 5.74) is 16.8. The number of rotatable bonds is 2. The van der Waals surface area contributed by atoms with Crippen molar-refractivity contribution in [1.29, 1.82) is 0 Å². The van der Waals surface area contributed by atoms with Crippen LogP contribution in [0.1, 0.15) is 23.0 Å². The van der Waals surface area contributed by atoms with Crippen LogP contribution >= 0.6 is 0 Å². The molecule has 5 N–H and O–H groups in total. The molecule has 3 rings (SSSR count). The van der Waals surface area contributed by atoms with E-state index in [0.717, 1.165) is 33.7 Å². The van der Waals surface area contributed by atoms with Crippen molar-refractivity contribution in [3.63, 3.8) is 0 Å². The smallest absolute Gasteiger partial charge is 0.104 e. The minimum atomic E-state index is -0.184. The van der Waals surface area contributed by atoms with Gasteiger partial charge in [-0.3, -0.25) is 0 Å². The number of aromatic amines is 1. The number of hydrogen-bond donors (Lipinski definition) is 3. The first-order chi connectivity index (χ1) is 9.13. The molecule has 0 radical (unpaired) electrons. The molecule has 0 aliphatic carbocycles. The van der Waals surface area contributed by atoms with E-state index in [4.69, 9.17) is 11.5 Å². The minimum absolute atomic E-state index is 0.184. The predicted molar refractivity (Wildman–Crippen MR) is 77.7 cm³/mol. The Balaban J connectivity index is 2.03. The van der Waals surface area contributed by atoms with Crippen molar-refractivity contribution in [2.45, 2.75) is 13.0 Å². The zero-order valence-corrected chi connectivity index (χ0v) is 10.7. The molecule has 0 fully saturated rings. The predicted octanol–water partition coefficient (Wildman–Crippen LogP) is 2.50. The van der Waals surface area contributed by atoms with E-state index in [1.54, 1.807) is 0 Å². The normalized spacial score (nSPS) is 12.7. The largest absolute Gasteiger partial charge is 0.399 e. The molecule has 0 aliphatic heterocycles. The highest BCUT2D eigenvalue weighted by molar-refractivity contribution is 5.76. The van der Waals surface area contributed by atoms with Gasteiger partial charge < -0.3 is 16.5 Å². The van der Waals surface area contributed by atoms with Crippen molar-refractivity contribution in [1.82, 2.24) is 9.97 Å². The first kappa shape index (κ1) is 11.7. The zero-order chi connectivity index (χ0) is 13.4. The molecule has 0 spiro atoms. The number of nitrogens with zero attached hydrogens (tertiary/aromatic N) is 1. The monoisotopic (exact) mass is 252 g/mol. The molecule has 19 heavy (non-hydrogen) atoms. The van der Waals surface area contributed by atoms with Gasteiger partial charge in [0, 0.05) is 5.69 Å². The van der Waals surface area contributed by atoms with Crippen LogP contribution in [0.3, 0.4) is 0 Å². The molecule has 1 aromatic heterocycles. The maximum Gasteiger partial charge on any atom is 0.104 e. The lowest BCUT2D eigenvalue weighted by atomic mass is 9.99. The van der Waals surface area contributed by atoms with Crippen LogP contribution in [0.2, 0.25) is 0 Å². The lowest BCUT2D eigenvalue weighted by molar-refractivity contribution is 0.873. The summed E-state index contributed by atoms with van der Waals surface area (Å²) in [4.78, 5) is 7.61. The molecule has 96 valence electrons. The third-order valence-corrected chi connectivity index (χ3v) is 3.25. The molecule has 4 nitrogen and oxygen atoms in total. The van der Waals surface area contributed by atoms with Crippen molar-refractivity contribution >= 4 is 16.7 Å². The van der Waals surface area contributed by atoms with E-state index >= 15 is 0 Å². The van der Waals surface area contributed by atoms with Crippen LogP contribution in [0.25, 0.3) is 11.0 Å². The Morgan fingerprint density at radius 3 is 2.68 bits per heavy atom. The van der Waals surface area contributed by atoms with Crippen LogP contribution in [-0.4, -0.2) is 9.97 Å². The van der Waals surface area contributed by atoms with E-state index in [2.05, 4.69) is 9.97 Å². The standard InChI is InChI=1S/C15H16N4/c1-9-18-13-6-5-11(8-14(13)19-9)15(17)10-3-2-4-12(16)7-10/h2-8,15H,16-17H2,1H3,(H,18,19). The number of nitrogen functional groups attached to an aromatic ring is 1. The summed E-state index contributed by atoms with van der Waals surface area (Å²) in [5, 5.41) is 0. The lowest BCUT2D eigenvalue weighted by Crippen LogP contribution is -2.12. The molecule has 0 amide bonds. The van der Waals surface area contributed by atoms with Gasteiger partial charge in [-0.25, -0.2) is 4.98 Å². The van der Waals surface area contributed by atoms with Crippen LogP contribution in [0.15, 0.2) is 42.5 Å². The molecule has 1 heterocycles. The Hall–Kier alpha value is -2.33. The molecule has 0 aliphatic rings. The average Bonchev–Trinajstić information content (AvgIpc) is 2.76. The summed E-state index contributed by atoms with van der Waals surface area (Å²) in [6.45, 7) is 1.94. The van der Waals surface area contributed by atoms with Gasteiger partial charge in [-0.05, 0) is 42.3 Å². The Kier molecular flexibility index (Phi) is 2.72. The molecule has 4 heteroatoms. The minimum Gasteiger partial charge on any atom is -0.399 e. The SMILES string of the molecule is Cc1nc2ccc(C(N)c3cccc(N)c3)cc2[nH]1. The highest BCUT2D eigenvalue weighted by atomic mass is 14.9. The highest BCUT2D eigenvalue weighted by Crippen LogP contribution is 2.24. The average molecular weight is 252 g/mol. The van der Waals surface area contributed by atoms with E-state index in [9.17, 15) is 0 Å². The third-order valence-electron chi connectivity index (χ3n) is 3.25. The van der Waals surface area contributed by atoms with E-state index in [1.165, 1.54) is 0 Å². The molecule has 1 unspecified atom stereocenters. The first-order valence-corrected chi connectivity index (χ1v) is 6.21. The number of imidazole rings is 1. The molecular weight excluding hydrogens is 236 g/mol. The van der Waals surface area contributed by atoms with Crippen molar-refractivity contribution < 1.29 is 0 Å². The van der Waals surface area contributed by atoms with Gasteiger partial charge in [-0.1, -0.05) is 18.2 Å². The molecule has 0 saturated carbocycles. The Morgan fingerprint density at radius 1 is 1.11 bits per heavy atom. The molecule has 0 bridgehead atoms. The van der Waals surface area contributed by atoms with E-state index in [-0.39, 0.29) is 6.04 Å². The summed E-state index contributed by atoms with van der Waals surface area (Å²) in [6, 6.07) is 13.5. The number of H-pyrrole nitrogens is 1. The van der Waals surface area contributed by atoms with Gasteiger partial charge in [0.25, 0.3) is 0 Å². The summed E-state index contributed by atoms with van der Waals surface area (Å²) in [6.07, 6.45) is 0. The van der Waals surface area contributed by atoms with Crippen LogP contribution in [-0.2, 0) is 0 Å². The van der Waals surface area contributed by atoms with Gasteiger partial charge in [0.1, 0.15) is 5.82 Å². The lowest BCUT2D eigenvalue weighted by Gasteiger charge is -2.13. The first-order valence-electron chi connectivity index (χ1n) is 6.21. The van der Waals surface area contributed by atoms with Crippen molar-refractivity contribution in [2.24, 2.45) is 5.73 Å². The molecule has 2 aromatic carbocycles. The van der Waals surface area contributed by atoms with Crippen LogP contribution in [0.4, 0.5) is 5.69 Å². The number of benzene rings is 2. The van der Waals surface area contributed by atoms with Crippen molar-refractivity contribution in [3.05, 3.63) is 59.4 Å². The zero-order valence-electron chi connectivity index (χ0n) is 10.7. The van der Waals surface area contributed by atoms with Gasteiger partial charge in [-0.2, -0.15) is 0 Å². The maximum atomic E-state index is 6.29. The number of aryl methyl sites for hydroxylation is 1. The number of aromatic nitrogens is 2. The second kappa shape index (κ2) is 4.40. The number of nitrogens with two attached hydrogens (primary N) is 2. The maximum absolute atomic E-state index is 6.29. The number of nitrogens with one attached hydrogen (secondary N) is 1. The Labute approximate surface area is 111 Å². The summed E-state index contributed by atoms with van der Waals surface area (Å²) in [5.74, 6) is 0.907. The van der Waals surface area contributed by atoms with Crippen LogP contribution in [0.5, 0.6) is 0 Å². The van der Waals surface area contributed by atoms with E-state index < -0.39 is 0 Å². The van der Waals surface area contributed by atoms with Gasteiger partial charge >= 0.3 is 0 Å². The summed E-state index contributed by atoms with van der Waals surface area (Å²) < 4.78 is 0. The van der Waals surface area contributed by atoms with Crippen molar-refractivity contribution in [3.8, 4) is 0 Å². The van der Waals surface area contributed by atoms with Crippen molar-refractivity contribution in [2.75, 3.05) is 5.73 Å². The fourth-order valence-electron chi connectivity index (χ4n) is 2.29. The van der Waals surface area contributed by atoms with Gasteiger partial charge in [0.05, 0.1) is 17.1 Å². The van der Waals surface area contributed by atoms with Gasteiger partial charge in [0.2, 0.25) is 0 Å². The summed E-state index contributed by atoms with van der Waals surface area (Å²) >= 11 is 0. The summed E-state index contributed by atoms with van der Waals surface area (Å²) in [7, 11) is 0. The third kappa shape index (κ3) is 2.18.